The number of hydrogen-bond donors (Lipinski definition) is 2. The van der Waals surface area contributed by atoms with E-state index in [1.807, 2.05) is 36.4 Å². The van der Waals surface area contributed by atoms with E-state index in [2.05, 4.69) is 20.1 Å². The Bertz CT molecular complexity index is 1120. The molecule has 140 valence electrons. The maximum absolute atomic E-state index is 10.8. The third-order valence-corrected chi connectivity index (χ3v) is 4.06. The van der Waals surface area contributed by atoms with Crippen molar-refractivity contribution in [3.05, 3.63) is 55.0 Å². The van der Waals surface area contributed by atoms with Crippen LogP contribution in [0.15, 0.2) is 55.0 Å². The zero-order valence-corrected chi connectivity index (χ0v) is 14.8. The number of aromatic nitrogens is 5. The van der Waals surface area contributed by atoms with Crippen LogP contribution in [-0.4, -0.2) is 37.1 Å². The van der Waals surface area contributed by atoms with Crippen molar-refractivity contribution in [1.82, 2.24) is 24.6 Å². The molecule has 28 heavy (non-hydrogen) atoms. The molecule has 0 spiro atoms. The molecule has 0 aliphatic heterocycles. The second-order valence-corrected chi connectivity index (χ2v) is 6.05. The van der Waals surface area contributed by atoms with Gasteiger partial charge in [-0.3, -0.25) is 4.79 Å². The summed E-state index contributed by atoms with van der Waals surface area (Å²) in [7, 11) is 0. The topological polar surface area (TPSA) is 134 Å². The fraction of sp³-hybridized carbons (Fsp3) is 0.105. The number of carbonyl (C=O) groups excluding carboxylic acids is 1. The minimum atomic E-state index is -0.393. The smallest absolute Gasteiger partial charge is 0.220 e. The Labute approximate surface area is 160 Å². The van der Waals surface area contributed by atoms with Gasteiger partial charge in [0.2, 0.25) is 5.91 Å². The van der Waals surface area contributed by atoms with E-state index in [4.69, 9.17) is 16.2 Å². The monoisotopic (exact) mass is 375 g/mol. The van der Waals surface area contributed by atoms with Gasteiger partial charge in [-0.05, 0) is 36.4 Å². The lowest BCUT2D eigenvalue weighted by Gasteiger charge is -2.07. The first kappa shape index (κ1) is 17.4. The zero-order chi connectivity index (χ0) is 19.5. The normalized spacial score (nSPS) is 10.9. The molecule has 0 atom stereocenters. The maximum atomic E-state index is 10.8. The molecule has 4 rings (SSSR count). The third kappa shape index (κ3) is 3.58. The lowest BCUT2D eigenvalue weighted by Crippen LogP contribution is -2.14. The number of carbonyl (C=O) groups is 1. The molecule has 0 saturated heterocycles. The number of anilines is 1. The SMILES string of the molecule is NC(=O)CCOc1ccc(-c2ccc3ncc(-c4cnc(N)cn4)n3n2)cc1. The number of nitrogens with zero attached hydrogens (tertiary/aromatic N) is 5. The molecule has 0 fully saturated rings. The van der Waals surface area contributed by atoms with Crippen LogP contribution in [-0.2, 0) is 4.79 Å². The maximum Gasteiger partial charge on any atom is 0.220 e. The molecule has 9 nitrogen and oxygen atoms in total. The summed E-state index contributed by atoms with van der Waals surface area (Å²) in [4.78, 5) is 23.5. The summed E-state index contributed by atoms with van der Waals surface area (Å²) in [5, 5.41) is 4.67. The van der Waals surface area contributed by atoms with Crippen LogP contribution in [0.25, 0.3) is 28.3 Å². The van der Waals surface area contributed by atoms with Crippen LogP contribution in [0.4, 0.5) is 5.82 Å². The van der Waals surface area contributed by atoms with Crippen molar-refractivity contribution in [1.29, 1.82) is 0 Å². The van der Waals surface area contributed by atoms with Crippen molar-refractivity contribution in [2.45, 2.75) is 6.42 Å². The van der Waals surface area contributed by atoms with Gasteiger partial charge < -0.3 is 16.2 Å². The lowest BCUT2D eigenvalue weighted by molar-refractivity contribution is -0.118. The number of primary amides is 1. The molecule has 0 aliphatic carbocycles. The highest BCUT2D eigenvalue weighted by molar-refractivity contribution is 5.73. The van der Waals surface area contributed by atoms with Crippen LogP contribution in [0.2, 0.25) is 0 Å². The molecule has 0 aliphatic rings. The molecule has 3 aromatic heterocycles. The Morgan fingerprint density at radius 1 is 0.964 bits per heavy atom. The molecule has 0 bridgehead atoms. The molecule has 1 amide bonds. The Morgan fingerprint density at radius 2 is 1.79 bits per heavy atom. The van der Waals surface area contributed by atoms with Gasteiger partial charge in [-0.1, -0.05) is 0 Å². The van der Waals surface area contributed by atoms with Gasteiger partial charge in [-0.2, -0.15) is 5.10 Å². The summed E-state index contributed by atoms with van der Waals surface area (Å²) in [6.07, 6.45) is 4.96. The van der Waals surface area contributed by atoms with Crippen LogP contribution >= 0.6 is 0 Å². The summed E-state index contributed by atoms with van der Waals surface area (Å²) in [5.74, 6) is 0.618. The summed E-state index contributed by atoms with van der Waals surface area (Å²) >= 11 is 0. The lowest BCUT2D eigenvalue weighted by atomic mass is 10.1. The van der Waals surface area contributed by atoms with Gasteiger partial charge in [0.1, 0.15) is 23.0 Å². The number of nitrogens with two attached hydrogens (primary N) is 2. The van der Waals surface area contributed by atoms with Crippen LogP contribution in [0, 0.1) is 0 Å². The van der Waals surface area contributed by atoms with E-state index in [0.717, 1.165) is 17.0 Å². The number of ether oxygens (including phenoxy) is 1. The Balaban J connectivity index is 1.61. The van der Waals surface area contributed by atoms with E-state index >= 15 is 0 Å². The molecule has 0 saturated carbocycles. The minimum Gasteiger partial charge on any atom is -0.493 e. The largest absolute Gasteiger partial charge is 0.493 e. The van der Waals surface area contributed by atoms with Crippen molar-refractivity contribution in [2.75, 3.05) is 12.3 Å². The van der Waals surface area contributed by atoms with E-state index in [1.165, 1.54) is 6.20 Å². The van der Waals surface area contributed by atoms with Gasteiger partial charge in [0.05, 0.1) is 37.3 Å². The molecule has 9 heteroatoms. The first-order chi connectivity index (χ1) is 13.6. The first-order valence-corrected chi connectivity index (χ1v) is 8.54. The van der Waals surface area contributed by atoms with Crippen molar-refractivity contribution in [3.63, 3.8) is 0 Å². The van der Waals surface area contributed by atoms with E-state index in [0.29, 0.717) is 22.9 Å². The average Bonchev–Trinajstić information content (AvgIpc) is 3.12. The first-order valence-electron chi connectivity index (χ1n) is 8.54. The zero-order valence-electron chi connectivity index (χ0n) is 14.8. The number of nitrogen functional groups attached to an aromatic ring is 1. The molecule has 4 N–H and O–H groups in total. The fourth-order valence-corrected chi connectivity index (χ4v) is 2.66. The highest BCUT2D eigenvalue weighted by atomic mass is 16.5. The standard InChI is InChI=1S/C19H17N7O2/c20-17-11-22-15(9-23-17)16-10-24-19-6-5-14(25-26(16)19)12-1-3-13(4-2-12)28-8-7-18(21)27/h1-6,9-11H,7-8H2,(H2,20,23)(H2,21,27). The van der Waals surface area contributed by atoms with Crippen molar-refractivity contribution < 1.29 is 9.53 Å². The summed E-state index contributed by atoms with van der Waals surface area (Å²) < 4.78 is 7.21. The Hall–Kier alpha value is -4.01. The second-order valence-electron chi connectivity index (χ2n) is 6.05. The van der Waals surface area contributed by atoms with Crippen LogP contribution < -0.4 is 16.2 Å². The predicted octanol–water partition coefficient (Wildman–Crippen LogP) is 1.69. The average molecular weight is 375 g/mol. The van der Waals surface area contributed by atoms with E-state index in [1.54, 1.807) is 16.9 Å². The molecule has 0 unspecified atom stereocenters. The number of rotatable bonds is 6. The van der Waals surface area contributed by atoms with Gasteiger partial charge in [0.25, 0.3) is 0 Å². The molecule has 0 radical (unpaired) electrons. The van der Waals surface area contributed by atoms with Crippen LogP contribution in [0.5, 0.6) is 5.75 Å². The highest BCUT2D eigenvalue weighted by Gasteiger charge is 2.10. The molecule has 4 aromatic rings. The Kier molecular flexibility index (Phi) is 4.55. The Morgan fingerprint density at radius 3 is 2.50 bits per heavy atom. The van der Waals surface area contributed by atoms with Gasteiger partial charge in [0, 0.05) is 5.56 Å². The van der Waals surface area contributed by atoms with Gasteiger partial charge in [0.15, 0.2) is 5.65 Å². The molecule has 3 heterocycles. The van der Waals surface area contributed by atoms with Crippen LogP contribution in [0.1, 0.15) is 6.42 Å². The van der Waals surface area contributed by atoms with Gasteiger partial charge >= 0.3 is 0 Å². The second kappa shape index (κ2) is 7.31. The fourth-order valence-electron chi connectivity index (χ4n) is 2.66. The van der Waals surface area contributed by atoms with Crippen molar-refractivity contribution in [3.8, 4) is 28.4 Å². The summed E-state index contributed by atoms with van der Waals surface area (Å²) in [5.41, 5.74) is 14.4. The highest BCUT2D eigenvalue weighted by Crippen LogP contribution is 2.23. The number of fused-ring (bicyclic) bond motifs is 1. The van der Waals surface area contributed by atoms with E-state index in [9.17, 15) is 4.79 Å². The van der Waals surface area contributed by atoms with Gasteiger partial charge in [-0.25, -0.2) is 19.5 Å². The van der Waals surface area contributed by atoms with Crippen molar-refractivity contribution >= 4 is 17.4 Å². The predicted molar refractivity (Wildman–Crippen MR) is 103 cm³/mol. The molecule has 1 aromatic carbocycles. The number of imidazole rings is 1. The summed E-state index contributed by atoms with van der Waals surface area (Å²) in [6, 6.07) is 11.2. The van der Waals surface area contributed by atoms with E-state index < -0.39 is 5.91 Å². The minimum absolute atomic E-state index is 0.178. The number of hydrogen-bond acceptors (Lipinski definition) is 7. The van der Waals surface area contributed by atoms with Gasteiger partial charge in [-0.15, -0.1) is 0 Å². The quantitative estimate of drug-likeness (QED) is 0.523. The molecular weight excluding hydrogens is 358 g/mol. The third-order valence-electron chi connectivity index (χ3n) is 4.06. The van der Waals surface area contributed by atoms with Crippen molar-refractivity contribution in [2.24, 2.45) is 5.73 Å². The van der Waals surface area contributed by atoms with Crippen LogP contribution in [0.3, 0.4) is 0 Å². The summed E-state index contributed by atoms with van der Waals surface area (Å²) in [6.45, 7) is 0.250. The number of amides is 1. The number of benzene rings is 1. The van der Waals surface area contributed by atoms with E-state index in [-0.39, 0.29) is 13.0 Å². The molecular formula is C19H17N7O2.